The molecule has 0 spiro atoms. The van der Waals surface area contributed by atoms with Crippen LogP contribution in [0.25, 0.3) is 0 Å². The number of aliphatic carboxylic acids is 1. The lowest BCUT2D eigenvalue weighted by molar-refractivity contribution is -0.139. The Morgan fingerprint density at radius 1 is 1.32 bits per heavy atom. The molecule has 1 aliphatic rings. The van der Waals surface area contributed by atoms with Gasteiger partial charge < -0.3 is 19.2 Å². The van der Waals surface area contributed by atoms with Crippen molar-refractivity contribution in [3.8, 4) is 0 Å². The molecule has 132 valence electrons. The van der Waals surface area contributed by atoms with E-state index in [0.29, 0.717) is 29.8 Å². The van der Waals surface area contributed by atoms with E-state index in [2.05, 4.69) is 9.97 Å². The molecule has 3 rings (SSSR count). The molecule has 9 heteroatoms. The second-order valence-corrected chi connectivity index (χ2v) is 6.35. The van der Waals surface area contributed by atoms with Crippen molar-refractivity contribution in [3.63, 3.8) is 0 Å². The van der Waals surface area contributed by atoms with Crippen LogP contribution in [-0.2, 0) is 15.3 Å². The van der Waals surface area contributed by atoms with Crippen molar-refractivity contribution in [2.45, 2.75) is 23.4 Å². The van der Waals surface area contributed by atoms with Gasteiger partial charge in [0.15, 0.2) is 10.9 Å². The number of rotatable bonds is 6. The number of morpholine rings is 1. The maximum absolute atomic E-state index is 12.6. The fourth-order valence-electron chi connectivity index (χ4n) is 2.50. The predicted octanol–water partition coefficient (Wildman–Crippen LogP) is 1.68. The van der Waals surface area contributed by atoms with Crippen LogP contribution in [0, 0.1) is 0 Å². The van der Waals surface area contributed by atoms with E-state index in [4.69, 9.17) is 14.3 Å². The molecule has 25 heavy (non-hydrogen) atoms. The quantitative estimate of drug-likeness (QED) is 0.610. The van der Waals surface area contributed by atoms with Crippen LogP contribution in [0.5, 0.6) is 0 Å². The van der Waals surface area contributed by atoms with Gasteiger partial charge in [-0.2, -0.15) is 0 Å². The number of thioether (sulfide) groups is 1. The maximum Gasteiger partial charge on any atom is 0.305 e. The number of carboxylic acid groups (broad SMARTS) is 1. The Kier molecular flexibility index (Phi) is 5.67. The first-order valence-corrected chi connectivity index (χ1v) is 8.71. The summed E-state index contributed by atoms with van der Waals surface area (Å²) in [5.74, 6) is 0.0408. The molecule has 1 aliphatic heterocycles. The average Bonchev–Trinajstić information content (AvgIpc) is 3.09. The van der Waals surface area contributed by atoms with Gasteiger partial charge in [-0.05, 0) is 18.2 Å². The molecular formula is C16H17N3O5S. The zero-order chi connectivity index (χ0) is 17.6. The number of carboxylic acids is 1. The number of aromatic nitrogens is 2. The fourth-order valence-corrected chi connectivity index (χ4v) is 3.20. The molecular weight excluding hydrogens is 346 g/mol. The van der Waals surface area contributed by atoms with Gasteiger partial charge in [0.1, 0.15) is 5.76 Å². The van der Waals surface area contributed by atoms with E-state index in [1.54, 1.807) is 30.6 Å². The summed E-state index contributed by atoms with van der Waals surface area (Å²) in [5, 5.41) is 9.61. The van der Waals surface area contributed by atoms with Crippen LogP contribution in [0.4, 0.5) is 0 Å². The molecule has 0 radical (unpaired) electrons. The highest BCUT2D eigenvalue weighted by Gasteiger charge is 2.31. The van der Waals surface area contributed by atoms with Crippen molar-refractivity contribution in [1.82, 2.24) is 14.9 Å². The Morgan fingerprint density at radius 3 is 2.88 bits per heavy atom. The highest BCUT2D eigenvalue weighted by atomic mass is 32.2. The lowest BCUT2D eigenvalue weighted by atomic mass is 10.1. The maximum atomic E-state index is 12.6. The molecule has 0 aliphatic carbocycles. The number of hydrogen-bond donors (Lipinski definition) is 1. The highest BCUT2D eigenvalue weighted by Crippen LogP contribution is 2.22. The third-order valence-corrected chi connectivity index (χ3v) is 4.55. The van der Waals surface area contributed by atoms with Crippen LogP contribution in [0.1, 0.15) is 22.7 Å². The monoisotopic (exact) mass is 363 g/mol. The van der Waals surface area contributed by atoms with Crippen LogP contribution >= 0.6 is 11.8 Å². The molecule has 1 fully saturated rings. The van der Waals surface area contributed by atoms with Crippen LogP contribution in [0.3, 0.4) is 0 Å². The van der Waals surface area contributed by atoms with Crippen LogP contribution in [-0.4, -0.2) is 57.7 Å². The van der Waals surface area contributed by atoms with Crippen molar-refractivity contribution in [3.05, 3.63) is 42.1 Å². The Bertz CT molecular complexity index is 736. The van der Waals surface area contributed by atoms with E-state index >= 15 is 0 Å². The van der Waals surface area contributed by atoms with E-state index in [-0.39, 0.29) is 24.7 Å². The minimum atomic E-state index is -0.965. The van der Waals surface area contributed by atoms with Gasteiger partial charge >= 0.3 is 5.97 Å². The number of hydrogen-bond acceptors (Lipinski definition) is 7. The molecule has 2 aromatic rings. The Labute approximate surface area is 148 Å². The molecule has 3 heterocycles. The van der Waals surface area contributed by atoms with Gasteiger partial charge in [-0.25, -0.2) is 9.97 Å². The van der Waals surface area contributed by atoms with E-state index in [1.165, 1.54) is 16.7 Å². The molecule has 0 bridgehead atoms. The summed E-state index contributed by atoms with van der Waals surface area (Å²) in [6.07, 6.45) is 3.17. The first kappa shape index (κ1) is 17.4. The SMILES string of the molecule is O=C(O)CC1COCCN1C(=O)c1ccc(CSc2ncccn2)o1. The second-order valence-electron chi connectivity index (χ2n) is 5.41. The molecule has 2 aromatic heterocycles. The largest absolute Gasteiger partial charge is 0.481 e. The lowest BCUT2D eigenvalue weighted by Gasteiger charge is -2.34. The number of carbonyl (C=O) groups excluding carboxylic acids is 1. The van der Waals surface area contributed by atoms with Crippen molar-refractivity contribution >= 4 is 23.6 Å². The molecule has 1 amide bonds. The van der Waals surface area contributed by atoms with E-state index in [0.717, 1.165) is 0 Å². The van der Waals surface area contributed by atoms with Gasteiger partial charge in [0, 0.05) is 18.9 Å². The number of carbonyl (C=O) groups is 2. The smallest absolute Gasteiger partial charge is 0.305 e. The third-order valence-electron chi connectivity index (χ3n) is 3.66. The fraction of sp³-hybridized carbons (Fsp3) is 0.375. The van der Waals surface area contributed by atoms with E-state index in [9.17, 15) is 9.59 Å². The summed E-state index contributed by atoms with van der Waals surface area (Å²) in [5.41, 5.74) is 0. The Hall–Kier alpha value is -2.39. The molecule has 1 unspecified atom stereocenters. The summed E-state index contributed by atoms with van der Waals surface area (Å²) < 4.78 is 10.9. The molecule has 1 atom stereocenters. The molecule has 8 nitrogen and oxygen atoms in total. The summed E-state index contributed by atoms with van der Waals surface area (Å²) in [6.45, 7) is 0.947. The summed E-state index contributed by atoms with van der Waals surface area (Å²) in [4.78, 5) is 33.3. The molecule has 0 saturated carbocycles. The lowest BCUT2D eigenvalue weighted by Crippen LogP contribution is -2.49. The zero-order valence-corrected chi connectivity index (χ0v) is 14.1. The van der Waals surface area contributed by atoms with E-state index in [1.807, 2.05) is 0 Å². The number of ether oxygens (including phenoxy) is 1. The van der Waals surface area contributed by atoms with Gasteiger partial charge in [-0.3, -0.25) is 9.59 Å². The highest BCUT2D eigenvalue weighted by molar-refractivity contribution is 7.98. The number of furan rings is 1. The minimum Gasteiger partial charge on any atom is -0.481 e. The standard InChI is InChI=1S/C16H17N3O5S/c20-14(21)8-11-9-23-7-6-19(11)15(22)13-3-2-12(24-13)10-25-16-17-4-1-5-18-16/h1-5,11H,6-10H2,(H,20,21). The van der Waals surface area contributed by atoms with Gasteiger partial charge in [0.25, 0.3) is 5.91 Å². The average molecular weight is 363 g/mol. The van der Waals surface area contributed by atoms with Crippen molar-refractivity contribution < 1.29 is 23.8 Å². The number of amides is 1. The first-order valence-electron chi connectivity index (χ1n) is 7.72. The normalized spacial score (nSPS) is 17.4. The molecule has 1 saturated heterocycles. The van der Waals surface area contributed by atoms with Crippen LogP contribution < -0.4 is 0 Å². The first-order chi connectivity index (χ1) is 12.1. The molecule has 1 N–H and O–H groups in total. The Morgan fingerprint density at radius 2 is 2.12 bits per heavy atom. The van der Waals surface area contributed by atoms with Gasteiger partial charge in [-0.1, -0.05) is 11.8 Å². The second kappa shape index (κ2) is 8.13. The van der Waals surface area contributed by atoms with Crippen molar-refractivity contribution in [2.24, 2.45) is 0 Å². The van der Waals surface area contributed by atoms with Gasteiger partial charge in [-0.15, -0.1) is 0 Å². The van der Waals surface area contributed by atoms with Gasteiger partial charge in [0.2, 0.25) is 0 Å². The van der Waals surface area contributed by atoms with Gasteiger partial charge in [0.05, 0.1) is 31.4 Å². The zero-order valence-electron chi connectivity index (χ0n) is 13.3. The minimum absolute atomic E-state index is 0.152. The predicted molar refractivity (Wildman–Crippen MR) is 88.2 cm³/mol. The third kappa shape index (κ3) is 4.58. The number of nitrogens with zero attached hydrogens (tertiary/aromatic N) is 3. The Balaban J connectivity index is 1.64. The summed E-state index contributed by atoms with van der Waals surface area (Å²) >= 11 is 1.40. The van der Waals surface area contributed by atoms with E-state index < -0.39 is 12.0 Å². The molecule has 0 aromatic carbocycles. The van der Waals surface area contributed by atoms with Crippen LogP contribution in [0.15, 0.2) is 40.2 Å². The van der Waals surface area contributed by atoms with Crippen molar-refractivity contribution in [2.75, 3.05) is 19.8 Å². The summed E-state index contributed by atoms with van der Waals surface area (Å²) in [6, 6.07) is 4.59. The topological polar surface area (TPSA) is 106 Å². The van der Waals surface area contributed by atoms with Crippen LogP contribution in [0.2, 0.25) is 0 Å². The summed E-state index contributed by atoms with van der Waals surface area (Å²) in [7, 11) is 0. The van der Waals surface area contributed by atoms with Crippen molar-refractivity contribution in [1.29, 1.82) is 0 Å².